The van der Waals surface area contributed by atoms with Gasteiger partial charge in [0, 0.05) is 12.6 Å². The molecule has 2 heterocycles. The molecule has 2 aromatic heterocycles. The highest BCUT2D eigenvalue weighted by Gasteiger charge is 2.17. The van der Waals surface area contributed by atoms with E-state index in [0.717, 1.165) is 23.3 Å². The third-order valence-corrected chi connectivity index (χ3v) is 4.70. The van der Waals surface area contributed by atoms with E-state index >= 15 is 0 Å². The molecule has 0 radical (unpaired) electrons. The number of anilines is 1. The molecule has 3 rings (SSSR count). The fourth-order valence-corrected chi connectivity index (χ4v) is 3.32. The van der Waals surface area contributed by atoms with Crippen molar-refractivity contribution >= 4 is 34.5 Å². The molecule has 0 aliphatic carbocycles. The summed E-state index contributed by atoms with van der Waals surface area (Å²) in [4.78, 5) is 21.2. The molecule has 0 atom stereocenters. The average Bonchev–Trinajstić information content (AvgIpc) is 3.05. The van der Waals surface area contributed by atoms with Crippen molar-refractivity contribution in [2.75, 3.05) is 17.6 Å². The second-order valence-corrected chi connectivity index (χ2v) is 7.78. The van der Waals surface area contributed by atoms with Crippen molar-refractivity contribution in [3.63, 3.8) is 0 Å². The number of nitrogens with zero attached hydrogens (tertiary/aromatic N) is 4. The maximum Gasteiger partial charge on any atom is 0.257 e. The zero-order valence-corrected chi connectivity index (χ0v) is 17.2. The van der Waals surface area contributed by atoms with Crippen LogP contribution < -0.4 is 10.6 Å². The molecule has 1 aromatic carbocycles. The maximum absolute atomic E-state index is 13.7. The Labute approximate surface area is 171 Å². The summed E-state index contributed by atoms with van der Waals surface area (Å²) in [6.45, 7) is 6.48. The van der Waals surface area contributed by atoms with Gasteiger partial charge in [0.05, 0.1) is 18.1 Å². The van der Waals surface area contributed by atoms with Crippen molar-refractivity contribution in [2.45, 2.75) is 38.5 Å². The van der Waals surface area contributed by atoms with Crippen LogP contribution in [-0.2, 0) is 6.54 Å². The van der Waals surface area contributed by atoms with Crippen LogP contribution in [0.3, 0.4) is 0 Å². The quantitative estimate of drug-likeness (QED) is 0.429. The van der Waals surface area contributed by atoms with Crippen LogP contribution in [-0.4, -0.2) is 44.0 Å². The zero-order valence-electron chi connectivity index (χ0n) is 16.4. The third-order valence-electron chi connectivity index (χ3n) is 3.97. The van der Waals surface area contributed by atoms with E-state index in [1.165, 1.54) is 17.8 Å². The van der Waals surface area contributed by atoms with Crippen molar-refractivity contribution < 1.29 is 13.6 Å². The van der Waals surface area contributed by atoms with Crippen molar-refractivity contribution in [1.29, 1.82) is 0 Å². The number of aromatic nitrogens is 4. The summed E-state index contributed by atoms with van der Waals surface area (Å²) < 4.78 is 29.1. The Bertz CT molecular complexity index is 1000. The molecule has 2 N–H and O–H groups in total. The first-order valence-corrected chi connectivity index (χ1v) is 10.2. The van der Waals surface area contributed by atoms with E-state index < -0.39 is 23.1 Å². The molecular weight excluding hydrogens is 398 g/mol. The van der Waals surface area contributed by atoms with Gasteiger partial charge in [-0.2, -0.15) is 5.10 Å². The molecule has 29 heavy (non-hydrogen) atoms. The van der Waals surface area contributed by atoms with Crippen molar-refractivity contribution in [3.05, 3.63) is 41.6 Å². The van der Waals surface area contributed by atoms with Crippen molar-refractivity contribution in [2.24, 2.45) is 0 Å². The monoisotopic (exact) mass is 420 g/mol. The van der Waals surface area contributed by atoms with E-state index in [2.05, 4.69) is 25.7 Å². The standard InChI is InChI=1S/C19H22F2N6OS/c1-4-29-19-25-16(24-11(2)3)12-10-23-27(17(12)26-19)9-8-22-18(28)15-13(20)6-5-7-14(15)21/h5-7,10-11H,4,8-9H2,1-3H3,(H,22,28)(H,24,25,26). The van der Waals surface area contributed by atoms with Crippen LogP contribution in [0, 0.1) is 11.6 Å². The number of carbonyl (C=O) groups excluding carboxylic acids is 1. The van der Waals surface area contributed by atoms with E-state index in [4.69, 9.17) is 0 Å². The summed E-state index contributed by atoms with van der Waals surface area (Å²) >= 11 is 1.52. The number of hydrogen-bond donors (Lipinski definition) is 2. The van der Waals surface area contributed by atoms with Gasteiger partial charge in [0.15, 0.2) is 10.8 Å². The smallest absolute Gasteiger partial charge is 0.257 e. The normalized spacial score (nSPS) is 11.2. The van der Waals surface area contributed by atoms with E-state index in [-0.39, 0.29) is 12.6 Å². The average molecular weight is 420 g/mol. The van der Waals surface area contributed by atoms with Gasteiger partial charge in [-0.1, -0.05) is 24.8 Å². The van der Waals surface area contributed by atoms with Gasteiger partial charge in [-0.05, 0) is 31.7 Å². The van der Waals surface area contributed by atoms with E-state index in [1.807, 2.05) is 20.8 Å². The fraction of sp³-hybridized carbons (Fsp3) is 0.368. The van der Waals surface area contributed by atoms with E-state index in [9.17, 15) is 13.6 Å². The van der Waals surface area contributed by atoms with Crippen LogP contribution in [0.2, 0.25) is 0 Å². The van der Waals surface area contributed by atoms with Crippen LogP contribution in [0.25, 0.3) is 11.0 Å². The lowest BCUT2D eigenvalue weighted by molar-refractivity contribution is 0.0943. The summed E-state index contributed by atoms with van der Waals surface area (Å²) in [7, 11) is 0. The summed E-state index contributed by atoms with van der Waals surface area (Å²) in [5.74, 6) is -1.08. The van der Waals surface area contributed by atoms with Gasteiger partial charge in [0.2, 0.25) is 0 Å². The summed E-state index contributed by atoms with van der Waals surface area (Å²) in [5.41, 5.74) is 0.0376. The number of rotatable bonds is 8. The number of benzene rings is 1. The SMILES string of the molecule is CCSc1nc(NC(C)C)c2cnn(CCNC(=O)c3c(F)cccc3F)c2n1. The Balaban J connectivity index is 1.78. The van der Waals surface area contributed by atoms with Gasteiger partial charge in [0.25, 0.3) is 5.91 Å². The molecular formula is C19H22F2N6OS. The molecule has 0 unspecified atom stereocenters. The van der Waals surface area contributed by atoms with Crippen LogP contribution in [0.4, 0.5) is 14.6 Å². The Kier molecular flexibility index (Phi) is 6.63. The van der Waals surface area contributed by atoms with Crippen LogP contribution in [0.5, 0.6) is 0 Å². The second-order valence-electron chi connectivity index (χ2n) is 6.54. The minimum Gasteiger partial charge on any atom is -0.367 e. The molecule has 0 saturated heterocycles. The number of fused-ring (bicyclic) bond motifs is 1. The first-order valence-electron chi connectivity index (χ1n) is 9.25. The molecule has 10 heteroatoms. The lowest BCUT2D eigenvalue weighted by Crippen LogP contribution is -2.29. The Morgan fingerprint density at radius 1 is 1.24 bits per heavy atom. The minimum atomic E-state index is -0.898. The first kappa shape index (κ1) is 21.0. The van der Waals surface area contributed by atoms with Gasteiger partial charge < -0.3 is 10.6 Å². The molecule has 0 aliphatic heterocycles. The second kappa shape index (κ2) is 9.17. The molecule has 1 amide bonds. The number of hydrogen-bond acceptors (Lipinski definition) is 6. The van der Waals surface area contributed by atoms with Crippen molar-refractivity contribution in [3.8, 4) is 0 Å². The maximum atomic E-state index is 13.7. The number of carbonyl (C=O) groups is 1. The summed E-state index contributed by atoms with van der Waals surface area (Å²) in [5, 5.41) is 11.6. The van der Waals surface area contributed by atoms with Crippen molar-refractivity contribution in [1.82, 2.24) is 25.1 Å². The Morgan fingerprint density at radius 2 is 1.97 bits per heavy atom. The van der Waals surface area contributed by atoms with Gasteiger partial charge in [-0.15, -0.1) is 0 Å². The highest BCUT2D eigenvalue weighted by molar-refractivity contribution is 7.99. The fourth-order valence-electron chi connectivity index (χ4n) is 2.75. The topological polar surface area (TPSA) is 84.7 Å². The molecule has 154 valence electrons. The van der Waals surface area contributed by atoms with E-state index in [1.54, 1.807) is 10.9 Å². The predicted molar refractivity (Wildman–Crippen MR) is 109 cm³/mol. The largest absolute Gasteiger partial charge is 0.367 e. The highest BCUT2D eigenvalue weighted by Crippen LogP contribution is 2.24. The molecule has 0 aliphatic rings. The van der Waals surface area contributed by atoms with Crippen LogP contribution >= 0.6 is 11.8 Å². The Hall–Kier alpha value is -2.75. The molecule has 7 nitrogen and oxygen atoms in total. The molecule has 3 aromatic rings. The van der Waals surface area contributed by atoms with Gasteiger partial charge in [-0.25, -0.2) is 23.4 Å². The van der Waals surface area contributed by atoms with Gasteiger partial charge in [0.1, 0.15) is 23.0 Å². The van der Waals surface area contributed by atoms with E-state index in [0.29, 0.717) is 23.2 Å². The molecule has 0 bridgehead atoms. The van der Waals surface area contributed by atoms with Crippen LogP contribution in [0.15, 0.2) is 29.6 Å². The zero-order chi connectivity index (χ0) is 21.0. The van der Waals surface area contributed by atoms with Gasteiger partial charge >= 0.3 is 0 Å². The third kappa shape index (κ3) is 4.81. The molecule has 0 saturated carbocycles. The molecule has 0 spiro atoms. The minimum absolute atomic E-state index is 0.136. The number of thioether (sulfide) groups is 1. The lowest BCUT2D eigenvalue weighted by atomic mass is 10.2. The number of halogens is 2. The Morgan fingerprint density at radius 3 is 2.62 bits per heavy atom. The van der Waals surface area contributed by atoms with Crippen LogP contribution in [0.1, 0.15) is 31.1 Å². The lowest BCUT2D eigenvalue weighted by Gasteiger charge is -2.12. The molecule has 0 fully saturated rings. The summed E-state index contributed by atoms with van der Waals surface area (Å²) in [6, 6.07) is 3.50. The number of amides is 1. The predicted octanol–water partition coefficient (Wildman–Crippen LogP) is 3.47. The first-order chi connectivity index (χ1) is 13.9. The summed E-state index contributed by atoms with van der Waals surface area (Å²) in [6.07, 6.45) is 1.67. The van der Waals surface area contributed by atoms with Gasteiger partial charge in [-0.3, -0.25) is 4.79 Å². The highest BCUT2D eigenvalue weighted by atomic mass is 32.2. The number of nitrogens with one attached hydrogen (secondary N) is 2.